The summed E-state index contributed by atoms with van der Waals surface area (Å²) in [6, 6.07) is 21.6. The van der Waals surface area contributed by atoms with Crippen LogP contribution in [0.3, 0.4) is 0 Å². The molecule has 2 aromatic carbocycles. The summed E-state index contributed by atoms with van der Waals surface area (Å²) in [5.74, 6) is 0. The van der Waals surface area contributed by atoms with Crippen LogP contribution in [0.5, 0.6) is 0 Å². The van der Waals surface area contributed by atoms with Crippen LogP contribution in [0.2, 0.25) is 0 Å². The first-order chi connectivity index (χ1) is 13.5. The zero-order valence-corrected chi connectivity index (χ0v) is 26.6. The van der Waals surface area contributed by atoms with Crippen molar-refractivity contribution in [1.29, 1.82) is 0 Å². The van der Waals surface area contributed by atoms with E-state index in [2.05, 4.69) is 102 Å². The molecule has 0 radical (unpaired) electrons. The van der Waals surface area contributed by atoms with Gasteiger partial charge in [-0.2, -0.15) is 0 Å². The molecule has 2 aromatic rings. The number of benzene rings is 2. The van der Waals surface area contributed by atoms with Crippen LogP contribution in [-0.4, -0.2) is 48.2 Å². The van der Waals surface area contributed by atoms with E-state index in [1.165, 1.54) is 72.5 Å². The van der Waals surface area contributed by atoms with Gasteiger partial charge in [0.05, 0.1) is 39.3 Å². The molecule has 0 bridgehead atoms. The maximum Gasteiger partial charge on any atom is 0.104 e. The molecular weight excluding hydrogens is 565 g/mol. The van der Waals surface area contributed by atoms with E-state index in [0.717, 1.165) is 0 Å². The molecule has 0 fully saturated rings. The summed E-state index contributed by atoms with van der Waals surface area (Å²) in [7, 11) is 0. The Bertz CT molecular complexity index is 563. The predicted molar refractivity (Wildman–Crippen MR) is 154 cm³/mol. The van der Waals surface area contributed by atoms with Gasteiger partial charge in [-0.15, -0.1) is 0 Å². The average molecular weight is 609 g/mol. The molecule has 0 aromatic heterocycles. The Kier molecular flexibility index (Phi) is 31.9. The molecule has 0 N–H and O–H groups in total. The van der Waals surface area contributed by atoms with Crippen LogP contribution >= 0.6 is 0 Å². The molecule has 0 aliphatic rings. The van der Waals surface area contributed by atoms with Crippen molar-refractivity contribution < 1.29 is 30.0 Å². The fraction of sp³-hybridized carbons (Fsp3) is 0.538. The maximum atomic E-state index is 2.29. The summed E-state index contributed by atoms with van der Waals surface area (Å²) < 4.78 is 2.40. The zero-order valence-electron chi connectivity index (χ0n) is 21.4. The largest absolute Gasteiger partial charge is 2.00 e. The van der Waals surface area contributed by atoms with Gasteiger partial charge in [0.25, 0.3) is 0 Å². The van der Waals surface area contributed by atoms with Crippen LogP contribution in [0, 0.1) is 0 Å². The van der Waals surface area contributed by atoms with E-state index in [9.17, 15) is 0 Å². The molecule has 7 heteroatoms. The van der Waals surface area contributed by atoms with Gasteiger partial charge in [-0.1, -0.05) is 60.7 Å². The van der Waals surface area contributed by atoms with Crippen molar-refractivity contribution in [2.75, 3.05) is 39.3 Å². The Morgan fingerprint density at radius 2 is 0.636 bits per heavy atom. The van der Waals surface area contributed by atoms with Crippen molar-refractivity contribution in [3.05, 3.63) is 71.8 Å². The van der Waals surface area contributed by atoms with E-state index in [1.54, 1.807) is 0 Å². The number of hydrogen-bond acceptors (Lipinski definition) is 0. The molecule has 0 aliphatic heterocycles. The van der Waals surface area contributed by atoms with Crippen molar-refractivity contribution in [3.63, 3.8) is 0 Å². The monoisotopic (exact) mass is 610 g/mol. The van der Waals surface area contributed by atoms with Gasteiger partial charge in [0.15, 0.2) is 0 Å². The van der Waals surface area contributed by atoms with Gasteiger partial charge in [-0.05, 0) is 41.5 Å². The van der Waals surface area contributed by atoms with Crippen molar-refractivity contribution >= 4 is 54.0 Å². The molecule has 2 nitrogen and oxygen atoms in total. The van der Waals surface area contributed by atoms with E-state index in [1.807, 2.05) is 0 Å². The van der Waals surface area contributed by atoms with Gasteiger partial charge in [0, 0.05) is 32.2 Å². The van der Waals surface area contributed by atoms with Crippen LogP contribution in [0.4, 0.5) is 0 Å². The summed E-state index contributed by atoms with van der Waals surface area (Å²) in [6.45, 7) is 23.4. The molecule has 0 saturated carbocycles. The predicted octanol–water partition coefficient (Wildman–Crippen LogP) is 6.11. The molecular formula is C26H44MoN2S4-6. The second-order valence-electron chi connectivity index (χ2n) is 7.87. The Hall–Kier alpha value is 0.448. The SMILES string of the molecule is CC[N+](CC)(CC)Cc1ccccc1.CC[N+](CC)(CC)Cc1ccccc1.[Mo].[S-2].[S-2].[S-2].[S-2]. The number of quaternary nitrogens is 2. The minimum Gasteiger partial charge on any atom is -2.00 e. The molecule has 0 unspecified atom stereocenters. The van der Waals surface area contributed by atoms with Crippen LogP contribution < -0.4 is 0 Å². The minimum absolute atomic E-state index is 0. The van der Waals surface area contributed by atoms with E-state index >= 15 is 0 Å². The Balaban J connectivity index is -0.000000138. The average Bonchev–Trinajstić information content (AvgIpc) is 2.78. The maximum absolute atomic E-state index is 2.29. The summed E-state index contributed by atoms with van der Waals surface area (Å²) in [6.07, 6.45) is 0. The van der Waals surface area contributed by atoms with Crippen LogP contribution in [0.1, 0.15) is 52.7 Å². The third kappa shape index (κ3) is 15.2. The fourth-order valence-corrected chi connectivity index (χ4v) is 3.95. The fourth-order valence-electron chi connectivity index (χ4n) is 3.95. The van der Waals surface area contributed by atoms with E-state index < -0.39 is 0 Å². The second kappa shape index (κ2) is 24.2. The Morgan fingerprint density at radius 1 is 0.424 bits per heavy atom. The zero-order chi connectivity index (χ0) is 20.9. The van der Waals surface area contributed by atoms with Crippen molar-refractivity contribution in [2.24, 2.45) is 0 Å². The third-order valence-corrected chi connectivity index (χ3v) is 6.75. The summed E-state index contributed by atoms with van der Waals surface area (Å²) >= 11 is 0. The third-order valence-electron chi connectivity index (χ3n) is 6.75. The molecule has 33 heavy (non-hydrogen) atoms. The Morgan fingerprint density at radius 3 is 0.818 bits per heavy atom. The first kappa shape index (κ1) is 43.5. The molecule has 194 valence electrons. The summed E-state index contributed by atoms with van der Waals surface area (Å²) in [5, 5.41) is 0. The molecule has 0 aliphatic carbocycles. The minimum atomic E-state index is 0. The van der Waals surface area contributed by atoms with Crippen LogP contribution in [0.15, 0.2) is 60.7 Å². The molecule has 0 spiro atoms. The standard InChI is InChI=1S/2C13H22N.Mo.4S/c2*1-4-14(5-2,6-3)12-13-10-8-7-9-11-13;;;;;/h2*7-11H,4-6,12H2,1-3H3;;;;;/q2*+1;;4*-2. The Labute approximate surface area is 248 Å². The number of hydrogen-bond donors (Lipinski definition) is 0. The van der Waals surface area contributed by atoms with E-state index in [-0.39, 0.29) is 75.0 Å². The van der Waals surface area contributed by atoms with Gasteiger partial charge in [0.2, 0.25) is 0 Å². The number of nitrogens with zero attached hydrogens (tertiary/aromatic N) is 2. The smallest absolute Gasteiger partial charge is 0.104 e. The van der Waals surface area contributed by atoms with Crippen LogP contribution in [-0.2, 0) is 88.1 Å². The summed E-state index contributed by atoms with van der Waals surface area (Å²) in [5.41, 5.74) is 2.91. The normalized spacial score (nSPS) is 9.88. The summed E-state index contributed by atoms with van der Waals surface area (Å²) in [4.78, 5) is 0. The number of rotatable bonds is 10. The first-order valence-electron chi connectivity index (χ1n) is 11.3. The first-order valence-corrected chi connectivity index (χ1v) is 11.3. The topological polar surface area (TPSA) is 0 Å². The quantitative estimate of drug-likeness (QED) is 0.226. The van der Waals surface area contributed by atoms with Gasteiger partial charge >= 0.3 is 0 Å². The molecule has 0 saturated heterocycles. The molecule has 0 amide bonds. The van der Waals surface area contributed by atoms with Gasteiger partial charge < -0.3 is 62.9 Å². The van der Waals surface area contributed by atoms with Crippen molar-refractivity contribution in [2.45, 2.75) is 54.6 Å². The van der Waals surface area contributed by atoms with Gasteiger partial charge in [-0.3, -0.25) is 0 Å². The van der Waals surface area contributed by atoms with Gasteiger partial charge in [0.1, 0.15) is 13.1 Å². The van der Waals surface area contributed by atoms with Crippen molar-refractivity contribution in [1.82, 2.24) is 0 Å². The van der Waals surface area contributed by atoms with E-state index in [4.69, 9.17) is 0 Å². The van der Waals surface area contributed by atoms with Crippen LogP contribution in [0.25, 0.3) is 0 Å². The van der Waals surface area contributed by atoms with Gasteiger partial charge in [-0.25, -0.2) is 0 Å². The molecule has 0 atom stereocenters. The molecule has 0 heterocycles. The molecule has 2 rings (SSSR count). The second-order valence-corrected chi connectivity index (χ2v) is 7.87. The van der Waals surface area contributed by atoms with Crippen molar-refractivity contribution in [3.8, 4) is 0 Å². The van der Waals surface area contributed by atoms with E-state index in [0.29, 0.717) is 0 Å².